The van der Waals surface area contributed by atoms with Crippen LogP contribution in [0.3, 0.4) is 0 Å². The minimum atomic E-state index is -0.183. The van der Waals surface area contributed by atoms with Gasteiger partial charge in [-0.15, -0.1) is 0 Å². The molecule has 0 aliphatic heterocycles. The van der Waals surface area contributed by atoms with E-state index < -0.39 is 0 Å². The number of nitrogens with one attached hydrogen (secondary N) is 1. The average molecular weight is 263 g/mol. The van der Waals surface area contributed by atoms with Crippen LogP contribution < -0.4 is 10.1 Å². The van der Waals surface area contributed by atoms with Gasteiger partial charge in [0.05, 0.1) is 0 Å². The van der Waals surface area contributed by atoms with E-state index >= 15 is 0 Å². The Labute approximate surface area is 118 Å². The molecule has 0 aromatic heterocycles. The van der Waals surface area contributed by atoms with E-state index in [2.05, 4.69) is 71.1 Å². The average Bonchev–Trinajstić information content (AvgIpc) is 2.36. The van der Waals surface area contributed by atoms with Crippen LogP contribution in [0.15, 0.2) is 24.3 Å². The maximum Gasteiger partial charge on any atom is 0.120 e. The van der Waals surface area contributed by atoms with Crippen LogP contribution in [-0.2, 0) is 5.41 Å². The van der Waals surface area contributed by atoms with Crippen molar-refractivity contribution in [2.24, 2.45) is 0 Å². The molecule has 2 heteroatoms. The standard InChI is InChI=1S/C17H29NO/c1-7-16(3,4)14-9-11-15(12-10-14)19-17(5,6)13-18-8-2/h9-12,18H,7-8,13H2,1-6H3. The third kappa shape index (κ3) is 4.87. The smallest absolute Gasteiger partial charge is 0.120 e. The van der Waals surface area contributed by atoms with Gasteiger partial charge in [0.25, 0.3) is 0 Å². The zero-order chi connectivity index (χ0) is 14.5. The van der Waals surface area contributed by atoms with Crippen molar-refractivity contribution >= 4 is 0 Å². The van der Waals surface area contributed by atoms with Crippen LogP contribution in [0, 0.1) is 0 Å². The van der Waals surface area contributed by atoms with Crippen molar-refractivity contribution in [2.45, 2.75) is 59.0 Å². The first-order valence-electron chi connectivity index (χ1n) is 7.31. The van der Waals surface area contributed by atoms with Crippen LogP contribution in [0.25, 0.3) is 0 Å². The van der Waals surface area contributed by atoms with Crippen LogP contribution in [0.4, 0.5) is 0 Å². The normalized spacial score (nSPS) is 12.5. The first-order valence-corrected chi connectivity index (χ1v) is 7.31. The predicted octanol–water partition coefficient (Wildman–Crippen LogP) is 4.14. The van der Waals surface area contributed by atoms with Crippen LogP contribution in [-0.4, -0.2) is 18.7 Å². The summed E-state index contributed by atoms with van der Waals surface area (Å²) in [6.45, 7) is 14.9. The van der Waals surface area contributed by atoms with E-state index in [0.29, 0.717) is 0 Å². The summed E-state index contributed by atoms with van der Waals surface area (Å²) < 4.78 is 6.04. The van der Waals surface area contributed by atoms with E-state index in [1.54, 1.807) is 0 Å². The third-order valence-electron chi connectivity index (χ3n) is 3.71. The molecule has 0 atom stereocenters. The molecule has 0 bridgehead atoms. The van der Waals surface area contributed by atoms with Gasteiger partial charge in [-0.25, -0.2) is 0 Å². The predicted molar refractivity (Wildman–Crippen MR) is 83.0 cm³/mol. The Morgan fingerprint density at radius 3 is 2.05 bits per heavy atom. The molecule has 0 radical (unpaired) electrons. The number of ether oxygens (including phenoxy) is 1. The maximum atomic E-state index is 6.04. The quantitative estimate of drug-likeness (QED) is 0.798. The van der Waals surface area contributed by atoms with Crippen LogP contribution in [0.1, 0.15) is 53.5 Å². The minimum Gasteiger partial charge on any atom is -0.487 e. The zero-order valence-corrected chi connectivity index (χ0v) is 13.3. The summed E-state index contributed by atoms with van der Waals surface area (Å²) in [7, 11) is 0. The molecule has 0 aliphatic carbocycles. The van der Waals surface area contributed by atoms with E-state index in [9.17, 15) is 0 Å². The Balaban J connectivity index is 2.72. The van der Waals surface area contributed by atoms with Gasteiger partial charge in [0, 0.05) is 6.54 Å². The molecule has 0 fully saturated rings. The fourth-order valence-corrected chi connectivity index (χ4v) is 1.96. The second kappa shape index (κ2) is 6.42. The summed E-state index contributed by atoms with van der Waals surface area (Å²) in [5.74, 6) is 0.943. The molecule has 0 spiro atoms. The summed E-state index contributed by atoms with van der Waals surface area (Å²) in [6, 6.07) is 8.53. The van der Waals surface area contributed by atoms with Crippen LogP contribution in [0.2, 0.25) is 0 Å². The van der Waals surface area contributed by atoms with E-state index in [1.165, 1.54) is 5.56 Å². The van der Waals surface area contributed by atoms with Gasteiger partial charge in [0.15, 0.2) is 0 Å². The van der Waals surface area contributed by atoms with E-state index in [-0.39, 0.29) is 11.0 Å². The molecule has 1 aromatic carbocycles. The van der Waals surface area contributed by atoms with Crippen molar-refractivity contribution in [2.75, 3.05) is 13.1 Å². The lowest BCUT2D eigenvalue weighted by Gasteiger charge is -2.28. The number of benzene rings is 1. The molecule has 1 rings (SSSR count). The van der Waals surface area contributed by atoms with Gasteiger partial charge >= 0.3 is 0 Å². The second-order valence-corrected chi connectivity index (χ2v) is 6.40. The highest BCUT2D eigenvalue weighted by Gasteiger charge is 2.20. The molecule has 0 saturated heterocycles. The van der Waals surface area contributed by atoms with Crippen molar-refractivity contribution in [3.63, 3.8) is 0 Å². The van der Waals surface area contributed by atoms with Crippen molar-refractivity contribution in [1.29, 1.82) is 0 Å². The van der Waals surface area contributed by atoms with Gasteiger partial charge < -0.3 is 10.1 Å². The molecule has 1 aromatic rings. The van der Waals surface area contributed by atoms with E-state index in [1.807, 2.05) is 0 Å². The lowest BCUT2D eigenvalue weighted by atomic mass is 9.82. The summed E-state index contributed by atoms with van der Waals surface area (Å²) in [4.78, 5) is 0. The molecule has 0 aliphatic rings. The molecule has 0 heterocycles. The fraction of sp³-hybridized carbons (Fsp3) is 0.647. The van der Waals surface area contributed by atoms with Gasteiger partial charge in [0.2, 0.25) is 0 Å². The molecule has 0 unspecified atom stereocenters. The molecule has 0 saturated carbocycles. The van der Waals surface area contributed by atoms with Crippen molar-refractivity contribution < 1.29 is 4.74 Å². The topological polar surface area (TPSA) is 21.3 Å². The minimum absolute atomic E-state index is 0.183. The Kier molecular flexibility index (Phi) is 5.42. The first kappa shape index (κ1) is 16.0. The van der Waals surface area contributed by atoms with Crippen molar-refractivity contribution in [1.82, 2.24) is 5.32 Å². The summed E-state index contributed by atoms with van der Waals surface area (Å²) in [5, 5.41) is 3.33. The number of rotatable bonds is 7. The Hall–Kier alpha value is -1.02. The van der Waals surface area contributed by atoms with Gasteiger partial charge in [-0.2, -0.15) is 0 Å². The van der Waals surface area contributed by atoms with Gasteiger partial charge in [-0.1, -0.05) is 39.8 Å². The van der Waals surface area contributed by atoms with Gasteiger partial charge in [-0.05, 0) is 49.9 Å². The number of likely N-dealkylation sites (N-methyl/N-ethyl adjacent to an activating group) is 1. The summed E-state index contributed by atoms with van der Waals surface area (Å²) in [6.07, 6.45) is 1.14. The SMILES string of the molecule is CCNCC(C)(C)Oc1ccc(C(C)(C)CC)cc1. The molecule has 108 valence electrons. The molecule has 2 nitrogen and oxygen atoms in total. The molecule has 19 heavy (non-hydrogen) atoms. The lowest BCUT2D eigenvalue weighted by molar-refractivity contribution is 0.109. The molecular formula is C17H29NO. The van der Waals surface area contributed by atoms with E-state index in [4.69, 9.17) is 4.74 Å². The van der Waals surface area contributed by atoms with Crippen molar-refractivity contribution in [3.8, 4) is 5.75 Å². The van der Waals surface area contributed by atoms with Gasteiger partial charge in [-0.3, -0.25) is 0 Å². The van der Waals surface area contributed by atoms with Gasteiger partial charge in [0.1, 0.15) is 11.4 Å². The monoisotopic (exact) mass is 263 g/mol. The maximum absolute atomic E-state index is 6.04. The van der Waals surface area contributed by atoms with Crippen LogP contribution >= 0.6 is 0 Å². The second-order valence-electron chi connectivity index (χ2n) is 6.40. The zero-order valence-electron chi connectivity index (χ0n) is 13.3. The Morgan fingerprint density at radius 2 is 1.58 bits per heavy atom. The lowest BCUT2D eigenvalue weighted by Crippen LogP contribution is -2.40. The van der Waals surface area contributed by atoms with Crippen LogP contribution in [0.5, 0.6) is 5.75 Å². The molecule has 0 amide bonds. The largest absolute Gasteiger partial charge is 0.487 e. The number of hydrogen-bond acceptors (Lipinski definition) is 2. The van der Waals surface area contributed by atoms with E-state index in [0.717, 1.165) is 25.3 Å². The fourth-order valence-electron chi connectivity index (χ4n) is 1.96. The third-order valence-corrected chi connectivity index (χ3v) is 3.71. The van der Waals surface area contributed by atoms with Crippen molar-refractivity contribution in [3.05, 3.63) is 29.8 Å². The number of hydrogen-bond donors (Lipinski definition) is 1. The summed E-state index contributed by atoms with van der Waals surface area (Å²) in [5.41, 5.74) is 1.42. The highest BCUT2D eigenvalue weighted by molar-refractivity contribution is 5.31. The highest BCUT2D eigenvalue weighted by Crippen LogP contribution is 2.28. The Morgan fingerprint density at radius 1 is 1.00 bits per heavy atom. The molecular weight excluding hydrogens is 234 g/mol. The highest BCUT2D eigenvalue weighted by atomic mass is 16.5. The summed E-state index contributed by atoms with van der Waals surface area (Å²) >= 11 is 0. The Bertz CT molecular complexity index is 379. The first-order chi connectivity index (χ1) is 8.80. The molecule has 1 N–H and O–H groups in total.